The van der Waals surface area contributed by atoms with Gasteiger partial charge in [-0.15, -0.1) is 0 Å². The van der Waals surface area contributed by atoms with Crippen LogP contribution in [0.2, 0.25) is 0 Å². The number of anilines is 1. The summed E-state index contributed by atoms with van der Waals surface area (Å²) in [6.07, 6.45) is 3.60. The molecule has 28 heavy (non-hydrogen) atoms. The van der Waals surface area contributed by atoms with E-state index in [0.29, 0.717) is 30.2 Å². The van der Waals surface area contributed by atoms with E-state index in [0.717, 1.165) is 12.0 Å². The fourth-order valence-electron chi connectivity index (χ4n) is 3.76. The molecule has 0 radical (unpaired) electrons. The standard InChI is InChI=1S/C19H22FN7O/c1-27-10-19(20,11-27)12-3-4-14(16(5-12)28-2)15-6-17(26-25-15)24-18-9-22-13(7-21)8-23-18/h3-5,8-9,15,17,25-26H,6,10-11H2,1-2H3,(H,23,24). The zero-order valence-corrected chi connectivity index (χ0v) is 15.7. The number of nitrogens with one attached hydrogen (secondary N) is 3. The van der Waals surface area contributed by atoms with Crippen LogP contribution in [0.5, 0.6) is 5.75 Å². The van der Waals surface area contributed by atoms with Crippen molar-refractivity contribution in [3.05, 3.63) is 47.4 Å². The van der Waals surface area contributed by atoms with Crippen LogP contribution in [-0.2, 0) is 5.67 Å². The number of hydrogen-bond donors (Lipinski definition) is 3. The molecule has 2 fully saturated rings. The van der Waals surface area contributed by atoms with Gasteiger partial charge >= 0.3 is 0 Å². The normalized spacial score (nSPS) is 23.6. The molecule has 2 aromatic rings. The van der Waals surface area contributed by atoms with Gasteiger partial charge in [-0.1, -0.05) is 12.1 Å². The molecule has 3 heterocycles. The molecule has 1 aromatic heterocycles. The predicted octanol–water partition coefficient (Wildman–Crippen LogP) is 1.44. The second-order valence-corrected chi connectivity index (χ2v) is 7.27. The molecule has 2 unspecified atom stereocenters. The number of likely N-dealkylation sites (N-methyl/N-ethyl adjacent to an activating group) is 1. The van der Waals surface area contributed by atoms with E-state index >= 15 is 0 Å². The molecule has 2 saturated heterocycles. The number of ether oxygens (including phenoxy) is 1. The van der Waals surface area contributed by atoms with Crippen molar-refractivity contribution >= 4 is 5.82 Å². The molecule has 146 valence electrons. The van der Waals surface area contributed by atoms with E-state index in [1.165, 1.54) is 12.4 Å². The van der Waals surface area contributed by atoms with Gasteiger partial charge in [0.15, 0.2) is 11.4 Å². The van der Waals surface area contributed by atoms with Crippen molar-refractivity contribution in [2.45, 2.75) is 24.3 Å². The van der Waals surface area contributed by atoms with Gasteiger partial charge in [0.1, 0.15) is 17.6 Å². The van der Waals surface area contributed by atoms with Gasteiger partial charge in [-0.3, -0.25) is 4.90 Å². The number of nitrogens with zero attached hydrogens (tertiary/aromatic N) is 4. The second kappa shape index (κ2) is 7.31. The minimum absolute atomic E-state index is 0.00698. The van der Waals surface area contributed by atoms with E-state index in [2.05, 4.69) is 26.1 Å². The predicted molar refractivity (Wildman–Crippen MR) is 101 cm³/mol. The van der Waals surface area contributed by atoms with Crippen LogP contribution in [-0.4, -0.2) is 48.3 Å². The van der Waals surface area contributed by atoms with Crippen LogP contribution in [0.15, 0.2) is 30.6 Å². The van der Waals surface area contributed by atoms with Gasteiger partial charge < -0.3 is 10.1 Å². The zero-order chi connectivity index (χ0) is 19.7. The quantitative estimate of drug-likeness (QED) is 0.714. The Hall–Kier alpha value is -2.80. The van der Waals surface area contributed by atoms with Crippen molar-refractivity contribution in [1.29, 1.82) is 5.26 Å². The van der Waals surface area contributed by atoms with Crippen LogP contribution < -0.4 is 20.9 Å². The highest BCUT2D eigenvalue weighted by atomic mass is 19.1. The van der Waals surface area contributed by atoms with Crippen molar-refractivity contribution in [1.82, 2.24) is 25.7 Å². The van der Waals surface area contributed by atoms with E-state index in [1.54, 1.807) is 13.2 Å². The summed E-state index contributed by atoms with van der Waals surface area (Å²) in [5.74, 6) is 1.25. The number of methoxy groups -OCH3 is 1. The monoisotopic (exact) mass is 383 g/mol. The van der Waals surface area contributed by atoms with Gasteiger partial charge in [-0.25, -0.2) is 25.2 Å². The Kier molecular flexibility index (Phi) is 4.85. The van der Waals surface area contributed by atoms with Gasteiger partial charge in [-0.05, 0) is 18.7 Å². The van der Waals surface area contributed by atoms with Gasteiger partial charge in [0.25, 0.3) is 0 Å². The molecule has 0 aliphatic carbocycles. The highest BCUT2D eigenvalue weighted by molar-refractivity contribution is 5.43. The lowest BCUT2D eigenvalue weighted by molar-refractivity contribution is -0.0196. The molecular formula is C19H22FN7O. The smallest absolute Gasteiger partial charge is 0.161 e. The van der Waals surface area contributed by atoms with Gasteiger partial charge in [0.05, 0.1) is 31.7 Å². The van der Waals surface area contributed by atoms with Crippen molar-refractivity contribution in [3.63, 3.8) is 0 Å². The minimum atomic E-state index is -1.31. The minimum Gasteiger partial charge on any atom is -0.496 e. The second-order valence-electron chi connectivity index (χ2n) is 7.27. The maximum absolute atomic E-state index is 14.9. The number of benzene rings is 1. The third kappa shape index (κ3) is 3.49. The maximum atomic E-state index is 14.9. The van der Waals surface area contributed by atoms with Crippen LogP contribution in [0.1, 0.15) is 29.3 Å². The molecular weight excluding hydrogens is 361 g/mol. The van der Waals surface area contributed by atoms with Crippen LogP contribution in [0.3, 0.4) is 0 Å². The van der Waals surface area contributed by atoms with E-state index in [4.69, 9.17) is 10.00 Å². The molecule has 0 saturated carbocycles. The van der Waals surface area contributed by atoms with E-state index in [-0.39, 0.29) is 17.9 Å². The van der Waals surface area contributed by atoms with Crippen molar-refractivity contribution in [3.8, 4) is 11.8 Å². The highest BCUT2D eigenvalue weighted by Crippen LogP contribution is 2.39. The SMILES string of the molecule is COc1cc(C2(F)CN(C)C2)ccc1C1CC(Nc2cnc(C#N)cn2)NN1. The summed E-state index contributed by atoms with van der Waals surface area (Å²) in [5.41, 5.74) is 7.00. The average Bonchev–Trinajstić information content (AvgIpc) is 3.15. The summed E-state index contributed by atoms with van der Waals surface area (Å²) < 4.78 is 20.5. The number of hydrazine groups is 1. The lowest BCUT2D eigenvalue weighted by Gasteiger charge is -2.42. The number of nitriles is 1. The molecule has 8 nitrogen and oxygen atoms in total. The van der Waals surface area contributed by atoms with Crippen LogP contribution >= 0.6 is 0 Å². The number of aromatic nitrogens is 2. The van der Waals surface area contributed by atoms with E-state index < -0.39 is 5.67 Å². The van der Waals surface area contributed by atoms with Crippen LogP contribution in [0.4, 0.5) is 10.2 Å². The Balaban J connectivity index is 1.45. The molecule has 9 heteroatoms. The van der Waals surface area contributed by atoms with Gasteiger partial charge in [-0.2, -0.15) is 5.26 Å². The summed E-state index contributed by atoms with van der Waals surface area (Å²) >= 11 is 0. The summed E-state index contributed by atoms with van der Waals surface area (Å²) in [7, 11) is 3.51. The Bertz CT molecular complexity index is 892. The van der Waals surface area contributed by atoms with E-state index in [1.807, 2.05) is 30.1 Å². The number of alkyl halides is 1. The van der Waals surface area contributed by atoms with Gasteiger partial charge in [0, 0.05) is 25.1 Å². The molecule has 0 bridgehead atoms. The summed E-state index contributed by atoms with van der Waals surface area (Å²) in [4.78, 5) is 10.1. The van der Waals surface area contributed by atoms with Gasteiger partial charge in [0.2, 0.25) is 0 Å². The molecule has 4 rings (SSSR count). The third-order valence-corrected chi connectivity index (χ3v) is 5.16. The number of likely N-dealkylation sites (tertiary alicyclic amines) is 1. The maximum Gasteiger partial charge on any atom is 0.161 e. The number of halogens is 1. The molecule has 3 N–H and O–H groups in total. The highest BCUT2D eigenvalue weighted by Gasteiger charge is 2.43. The molecule has 2 aliphatic heterocycles. The first-order chi connectivity index (χ1) is 13.5. The zero-order valence-electron chi connectivity index (χ0n) is 15.7. The fourth-order valence-corrected chi connectivity index (χ4v) is 3.76. The topological polar surface area (TPSA) is 98.1 Å². The summed E-state index contributed by atoms with van der Waals surface area (Å²) in [6, 6.07) is 7.51. The fraction of sp³-hybridized carbons (Fsp3) is 0.421. The summed E-state index contributed by atoms with van der Waals surface area (Å²) in [5, 5.41) is 12.0. The number of hydrogen-bond acceptors (Lipinski definition) is 8. The lowest BCUT2D eigenvalue weighted by Crippen LogP contribution is -2.54. The van der Waals surface area contributed by atoms with Crippen LogP contribution in [0, 0.1) is 11.3 Å². The average molecular weight is 383 g/mol. The van der Waals surface area contributed by atoms with Crippen molar-refractivity contribution in [2.24, 2.45) is 0 Å². The number of rotatable bonds is 5. The molecule has 2 atom stereocenters. The first-order valence-corrected chi connectivity index (χ1v) is 9.06. The first-order valence-electron chi connectivity index (χ1n) is 9.06. The summed E-state index contributed by atoms with van der Waals surface area (Å²) in [6.45, 7) is 0.798. The molecule has 1 aromatic carbocycles. The first kappa shape index (κ1) is 18.6. The Morgan fingerprint density at radius 2 is 2.14 bits per heavy atom. The van der Waals surface area contributed by atoms with Crippen molar-refractivity contribution in [2.75, 3.05) is 32.6 Å². The van der Waals surface area contributed by atoms with Crippen LogP contribution in [0.25, 0.3) is 0 Å². The molecule has 2 aliphatic rings. The largest absolute Gasteiger partial charge is 0.496 e. The Labute approximate surface area is 162 Å². The Morgan fingerprint density at radius 1 is 1.32 bits per heavy atom. The Morgan fingerprint density at radius 3 is 2.79 bits per heavy atom. The van der Waals surface area contributed by atoms with E-state index in [9.17, 15) is 4.39 Å². The lowest BCUT2D eigenvalue weighted by atomic mass is 9.87. The molecule has 0 spiro atoms. The third-order valence-electron chi connectivity index (χ3n) is 5.16. The van der Waals surface area contributed by atoms with Crippen molar-refractivity contribution < 1.29 is 9.13 Å². The molecule has 0 amide bonds.